The first kappa shape index (κ1) is 13.7. The lowest BCUT2D eigenvalue weighted by Gasteiger charge is -2.04. The summed E-state index contributed by atoms with van der Waals surface area (Å²) in [6.45, 7) is 4.33. The Labute approximate surface area is 115 Å². The first-order valence-corrected chi connectivity index (χ1v) is 7.23. The molecule has 2 aromatic heterocycles. The molecule has 0 aliphatic carbocycles. The first-order chi connectivity index (χ1) is 9.11. The summed E-state index contributed by atoms with van der Waals surface area (Å²) in [5, 5.41) is 4.77. The average molecular weight is 279 g/mol. The molecule has 0 aliphatic heterocycles. The molecule has 6 heteroatoms. The molecule has 0 radical (unpaired) electrons. The van der Waals surface area contributed by atoms with E-state index in [-0.39, 0.29) is 11.5 Å². The van der Waals surface area contributed by atoms with Gasteiger partial charge in [-0.05, 0) is 13.3 Å². The van der Waals surface area contributed by atoms with Gasteiger partial charge in [-0.15, -0.1) is 11.3 Å². The Kier molecular flexibility index (Phi) is 4.31. The SMILES string of the molecule is CCCC(=O)NCCc1csc2nc(C)cc(=O)n12. The molecular weight excluding hydrogens is 262 g/mol. The van der Waals surface area contributed by atoms with Crippen LogP contribution in [0.5, 0.6) is 0 Å². The van der Waals surface area contributed by atoms with Crippen molar-refractivity contribution in [1.82, 2.24) is 14.7 Å². The normalized spacial score (nSPS) is 10.8. The molecule has 0 fully saturated rings. The molecule has 2 heterocycles. The first-order valence-electron chi connectivity index (χ1n) is 6.35. The van der Waals surface area contributed by atoms with Crippen molar-refractivity contribution in [2.24, 2.45) is 0 Å². The van der Waals surface area contributed by atoms with Crippen LogP contribution in [0.25, 0.3) is 4.96 Å². The van der Waals surface area contributed by atoms with Gasteiger partial charge in [0.15, 0.2) is 4.96 Å². The summed E-state index contributed by atoms with van der Waals surface area (Å²) in [5.41, 5.74) is 1.57. The molecule has 0 aliphatic rings. The van der Waals surface area contributed by atoms with E-state index in [9.17, 15) is 9.59 Å². The lowest BCUT2D eigenvalue weighted by molar-refractivity contribution is -0.121. The Balaban J connectivity index is 2.10. The van der Waals surface area contributed by atoms with Crippen LogP contribution < -0.4 is 10.9 Å². The summed E-state index contributed by atoms with van der Waals surface area (Å²) in [6.07, 6.45) is 2.03. The zero-order valence-corrected chi connectivity index (χ0v) is 11.9. The summed E-state index contributed by atoms with van der Waals surface area (Å²) in [4.78, 5) is 28.3. The number of amides is 1. The highest BCUT2D eigenvalue weighted by Gasteiger charge is 2.08. The number of nitrogens with zero attached hydrogens (tertiary/aromatic N) is 2. The van der Waals surface area contributed by atoms with Crippen LogP contribution in [0, 0.1) is 6.92 Å². The van der Waals surface area contributed by atoms with E-state index in [1.165, 1.54) is 17.4 Å². The molecule has 0 saturated heterocycles. The summed E-state index contributed by atoms with van der Waals surface area (Å²) >= 11 is 1.45. The molecule has 0 spiro atoms. The number of aryl methyl sites for hydroxylation is 1. The lowest BCUT2D eigenvalue weighted by atomic mass is 10.3. The molecule has 19 heavy (non-hydrogen) atoms. The van der Waals surface area contributed by atoms with Gasteiger partial charge in [-0.1, -0.05) is 6.92 Å². The molecule has 0 atom stereocenters. The van der Waals surface area contributed by atoms with E-state index in [0.29, 0.717) is 24.3 Å². The molecular formula is C13H17N3O2S. The number of rotatable bonds is 5. The molecule has 0 saturated carbocycles. The number of aromatic nitrogens is 2. The highest BCUT2D eigenvalue weighted by molar-refractivity contribution is 7.15. The van der Waals surface area contributed by atoms with Crippen molar-refractivity contribution in [3.8, 4) is 0 Å². The molecule has 2 rings (SSSR count). The van der Waals surface area contributed by atoms with Gasteiger partial charge in [-0.3, -0.25) is 14.0 Å². The van der Waals surface area contributed by atoms with E-state index in [1.807, 2.05) is 19.2 Å². The van der Waals surface area contributed by atoms with Gasteiger partial charge in [0.05, 0.1) is 0 Å². The van der Waals surface area contributed by atoms with Crippen molar-refractivity contribution in [3.63, 3.8) is 0 Å². The van der Waals surface area contributed by atoms with Crippen LogP contribution in [0.2, 0.25) is 0 Å². The number of fused-ring (bicyclic) bond motifs is 1. The molecule has 5 nitrogen and oxygen atoms in total. The zero-order valence-electron chi connectivity index (χ0n) is 11.1. The largest absolute Gasteiger partial charge is 0.356 e. The number of hydrogen-bond donors (Lipinski definition) is 1. The predicted octanol–water partition coefficient (Wildman–Crippen LogP) is 1.52. The van der Waals surface area contributed by atoms with Gasteiger partial charge in [0.25, 0.3) is 5.56 Å². The minimum atomic E-state index is -0.0568. The smallest absolute Gasteiger partial charge is 0.258 e. The summed E-state index contributed by atoms with van der Waals surface area (Å²) < 4.78 is 1.61. The Hall–Kier alpha value is -1.69. The third-order valence-corrected chi connectivity index (χ3v) is 3.66. The minimum Gasteiger partial charge on any atom is -0.356 e. The van der Waals surface area contributed by atoms with Crippen LogP contribution >= 0.6 is 11.3 Å². The fraction of sp³-hybridized carbons (Fsp3) is 0.462. The molecule has 2 aromatic rings. The van der Waals surface area contributed by atoms with Crippen LogP contribution in [0.1, 0.15) is 31.2 Å². The highest BCUT2D eigenvalue weighted by atomic mass is 32.1. The second kappa shape index (κ2) is 5.97. The van der Waals surface area contributed by atoms with Gasteiger partial charge in [0, 0.05) is 42.2 Å². The van der Waals surface area contributed by atoms with E-state index in [0.717, 1.165) is 17.8 Å². The van der Waals surface area contributed by atoms with Crippen molar-refractivity contribution < 1.29 is 4.79 Å². The molecule has 0 aromatic carbocycles. The zero-order chi connectivity index (χ0) is 13.8. The average Bonchev–Trinajstić information content (AvgIpc) is 2.72. The van der Waals surface area contributed by atoms with Crippen molar-refractivity contribution in [3.05, 3.63) is 33.2 Å². The third-order valence-electron chi connectivity index (χ3n) is 2.78. The van der Waals surface area contributed by atoms with E-state index in [2.05, 4.69) is 10.3 Å². The monoisotopic (exact) mass is 279 g/mol. The van der Waals surface area contributed by atoms with Gasteiger partial charge >= 0.3 is 0 Å². The van der Waals surface area contributed by atoms with Crippen molar-refractivity contribution in [2.75, 3.05) is 6.54 Å². The van der Waals surface area contributed by atoms with Crippen LogP contribution in [0.3, 0.4) is 0 Å². The maximum atomic E-state index is 11.9. The summed E-state index contributed by atoms with van der Waals surface area (Å²) in [7, 11) is 0. The molecule has 0 unspecified atom stereocenters. The quantitative estimate of drug-likeness (QED) is 0.902. The van der Waals surface area contributed by atoms with Crippen molar-refractivity contribution >= 4 is 22.2 Å². The van der Waals surface area contributed by atoms with E-state index in [1.54, 1.807) is 4.40 Å². The lowest BCUT2D eigenvalue weighted by Crippen LogP contribution is -2.26. The molecule has 0 bridgehead atoms. The van der Waals surface area contributed by atoms with Crippen molar-refractivity contribution in [2.45, 2.75) is 33.1 Å². The van der Waals surface area contributed by atoms with E-state index >= 15 is 0 Å². The van der Waals surface area contributed by atoms with E-state index in [4.69, 9.17) is 0 Å². The third kappa shape index (κ3) is 3.20. The Bertz CT molecular complexity index is 645. The maximum Gasteiger partial charge on any atom is 0.258 e. The summed E-state index contributed by atoms with van der Waals surface area (Å²) in [5.74, 6) is 0.0587. The fourth-order valence-electron chi connectivity index (χ4n) is 1.90. The van der Waals surface area contributed by atoms with E-state index < -0.39 is 0 Å². The standard InChI is InChI=1S/C13H17N3O2S/c1-3-4-11(17)14-6-5-10-8-19-13-15-9(2)7-12(18)16(10)13/h7-8H,3-6H2,1-2H3,(H,14,17). The number of carbonyl (C=O) groups excluding carboxylic acids is 1. The highest BCUT2D eigenvalue weighted by Crippen LogP contribution is 2.12. The Morgan fingerprint density at radius 3 is 3.05 bits per heavy atom. The number of hydrogen-bond acceptors (Lipinski definition) is 4. The minimum absolute atomic E-state index is 0.0568. The Morgan fingerprint density at radius 1 is 1.53 bits per heavy atom. The molecule has 1 amide bonds. The van der Waals surface area contributed by atoms with Crippen LogP contribution in [0.4, 0.5) is 0 Å². The van der Waals surface area contributed by atoms with Crippen LogP contribution in [0.15, 0.2) is 16.2 Å². The topological polar surface area (TPSA) is 63.5 Å². The maximum absolute atomic E-state index is 11.9. The fourth-order valence-corrected chi connectivity index (χ4v) is 2.88. The van der Waals surface area contributed by atoms with Gasteiger partial charge in [-0.25, -0.2) is 4.98 Å². The second-order valence-electron chi connectivity index (χ2n) is 4.43. The van der Waals surface area contributed by atoms with Gasteiger partial charge < -0.3 is 5.32 Å². The predicted molar refractivity (Wildman–Crippen MR) is 75.7 cm³/mol. The van der Waals surface area contributed by atoms with Gasteiger partial charge in [0.2, 0.25) is 5.91 Å². The summed E-state index contributed by atoms with van der Waals surface area (Å²) in [6, 6.07) is 1.53. The number of carbonyl (C=O) groups is 1. The Morgan fingerprint density at radius 2 is 2.32 bits per heavy atom. The number of nitrogens with one attached hydrogen (secondary N) is 1. The van der Waals surface area contributed by atoms with Crippen molar-refractivity contribution in [1.29, 1.82) is 0 Å². The molecule has 1 N–H and O–H groups in total. The molecule has 102 valence electrons. The van der Waals surface area contributed by atoms with Crippen LogP contribution in [-0.2, 0) is 11.2 Å². The second-order valence-corrected chi connectivity index (χ2v) is 5.27. The van der Waals surface area contributed by atoms with Gasteiger partial charge in [-0.2, -0.15) is 0 Å². The van der Waals surface area contributed by atoms with Gasteiger partial charge in [0.1, 0.15) is 0 Å². The number of thiazole rings is 1. The van der Waals surface area contributed by atoms with Crippen LogP contribution in [-0.4, -0.2) is 21.8 Å².